The van der Waals surface area contributed by atoms with Crippen LogP contribution in [0.5, 0.6) is 5.75 Å². The van der Waals surface area contributed by atoms with Crippen molar-refractivity contribution in [2.75, 3.05) is 11.9 Å². The number of anilines is 1. The summed E-state index contributed by atoms with van der Waals surface area (Å²) in [6.45, 7) is -0.0258. The summed E-state index contributed by atoms with van der Waals surface area (Å²) < 4.78 is 6.11. The first kappa shape index (κ1) is 14.1. The molecule has 0 spiro atoms. The Morgan fingerprint density at radius 1 is 1.29 bits per heavy atom. The van der Waals surface area contributed by atoms with E-state index in [-0.39, 0.29) is 18.3 Å². The molecule has 2 heterocycles. The SMILES string of the molecule is O=C1CCc2cc(OCC(=O)c3ccc(Cl)s3)ccc2N1. The van der Waals surface area contributed by atoms with Crippen molar-refractivity contribution in [3.63, 3.8) is 0 Å². The normalized spacial score (nSPS) is 13.5. The molecule has 1 aromatic carbocycles. The van der Waals surface area contributed by atoms with Crippen LogP contribution < -0.4 is 10.1 Å². The number of benzene rings is 1. The molecule has 2 aromatic rings. The first-order valence-electron chi connectivity index (χ1n) is 6.46. The highest BCUT2D eigenvalue weighted by Gasteiger charge is 2.16. The third-order valence-electron chi connectivity index (χ3n) is 3.19. The molecule has 1 aliphatic rings. The summed E-state index contributed by atoms with van der Waals surface area (Å²) in [7, 11) is 0. The van der Waals surface area contributed by atoms with Crippen LogP contribution in [0.2, 0.25) is 4.34 Å². The van der Waals surface area contributed by atoms with Crippen molar-refractivity contribution >= 4 is 40.3 Å². The Bertz CT molecular complexity index is 711. The molecule has 4 nitrogen and oxygen atoms in total. The Morgan fingerprint density at radius 2 is 2.14 bits per heavy atom. The van der Waals surface area contributed by atoms with E-state index in [4.69, 9.17) is 16.3 Å². The van der Waals surface area contributed by atoms with E-state index in [1.807, 2.05) is 6.07 Å². The van der Waals surface area contributed by atoms with Crippen molar-refractivity contribution in [1.29, 1.82) is 0 Å². The largest absolute Gasteiger partial charge is 0.485 e. The lowest BCUT2D eigenvalue weighted by atomic mass is 10.0. The van der Waals surface area contributed by atoms with E-state index in [0.717, 1.165) is 11.3 Å². The fraction of sp³-hybridized carbons (Fsp3) is 0.200. The second-order valence-corrected chi connectivity index (χ2v) is 6.40. The lowest BCUT2D eigenvalue weighted by molar-refractivity contribution is -0.116. The molecule has 1 amide bonds. The van der Waals surface area contributed by atoms with Crippen molar-refractivity contribution in [3.05, 3.63) is 45.1 Å². The molecule has 0 fully saturated rings. The number of rotatable bonds is 4. The zero-order chi connectivity index (χ0) is 14.8. The molecule has 0 unspecified atom stereocenters. The predicted molar refractivity (Wildman–Crippen MR) is 82.5 cm³/mol. The fourth-order valence-electron chi connectivity index (χ4n) is 2.13. The first-order chi connectivity index (χ1) is 10.1. The molecule has 21 heavy (non-hydrogen) atoms. The molecule has 0 radical (unpaired) electrons. The molecule has 0 bridgehead atoms. The third-order valence-corrected chi connectivity index (χ3v) is 4.46. The molecule has 0 atom stereocenters. The number of thiophene rings is 1. The van der Waals surface area contributed by atoms with E-state index in [0.29, 0.717) is 27.8 Å². The molecule has 0 aliphatic carbocycles. The van der Waals surface area contributed by atoms with E-state index >= 15 is 0 Å². The second-order valence-electron chi connectivity index (χ2n) is 4.68. The van der Waals surface area contributed by atoms with Gasteiger partial charge in [-0.05, 0) is 42.3 Å². The van der Waals surface area contributed by atoms with Gasteiger partial charge >= 0.3 is 0 Å². The van der Waals surface area contributed by atoms with Gasteiger partial charge in [-0.1, -0.05) is 11.6 Å². The van der Waals surface area contributed by atoms with Gasteiger partial charge in [-0.25, -0.2) is 0 Å². The summed E-state index contributed by atoms with van der Waals surface area (Å²) in [5, 5.41) is 2.81. The summed E-state index contributed by atoms with van der Waals surface area (Å²) in [6.07, 6.45) is 1.16. The highest BCUT2D eigenvalue weighted by atomic mass is 35.5. The molecule has 1 N–H and O–H groups in total. The lowest BCUT2D eigenvalue weighted by Gasteiger charge is -2.17. The van der Waals surface area contributed by atoms with Crippen molar-refractivity contribution in [2.45, 2.75) is 12.8 Å². The van der Waals surface area contributed by atoms with Gasteiger partial charge in [-0.2, -0.15) is 0 Å². The van der Waals surface area contributed by atoms with Gasteiger partial charge in [0.15, 0.2) is 6.61 Å². The Hall–Kier alpha value is -1.85. The molecule has 1 aromatic heterocycles. The minimum Gasteiger partial charge on any atom is -0.485 e. The Kier molecular flexibility index (Phi) is 3.94. The summed E-state index contributed by atoms with van der Waals surface area (Å²) in [4.78, 5) is 23.8. The molecule has 0 saturated heterocycles. The summed E-state index contributed by atoms with van der Waals surface area (Å²) >= 11 is 7.05. The Labute approximate surface area is 130 Å². The number of amides is 1. The molecule has 6 heteroatoms. The standard InChI is InChI=1S/C15H12ClNO3S/c16-14-5-4-13(21-14)12(18)8-20-10-2-3-11-9(7-10)1-6-15(19)17-11/h2-5,7H,1,6,8H2,(H,17,19). The van der Waals surface area contributed by atoms with Gasteiger partial charge < -0.3 is 10.1 Å². The van der Waals surface area contributed by atoms with Crippen LogP contribution in [0.15, 0.2) is 30.3 Å². The average molecular weight is 322 g/mol. The van der Waals surface area contributed by atoms with Crippen LogP contribution in [-0.4, -0.2) is 18.3 Å². The molecular weight excluding hydrogens is 310 g/mol. The van der Waals surface area contributed by atoms with Crippen molar-refractivity contribution < 1.29 is 14.3 Å². The maximum absolute atomic E-state index is 11.9. The number of hydrogen-bond acceptors (Lipinski definition) is 4. The van der Waals surface area contributed by atoms with Gasteiger partial charge in [0.05, 0.1) is 9.21 Å². The van der Waals surface area contributed by atoms with Gasteiger partial charge in [0.1, 0.15) is 5.75 Å². The van der Waals surface area contributed by atoms with E-state index in [1.165, 1.54) is 11.3 Å². The van der Waals surface area contributed by atoms with E-state index in [2.05, 4.69) is 5.32 Å². The van der Waals surface area contributed by atoms with Crippen LogP contribution in [0.3, 0.4) is 0 Å². The van der Waals surface area contributed by atoms with Crippen LogP contribution in [0.1, 0.15) is 21.7 Å². The van der Waals surface area contributed by atoms with Gasteiger partial charge in [0.2, 0.25) is 11.7 Å². The van der Waals surface area contributed by atoms with Gasteiger partial charge in [0, 0.05) is 12.1 Å². The zero-order valence-electron chi connectivity index (χ0n) is 11.0. The maximum Gasteiger partial charge on any atom is 0.224 e. The van der Waals surface area contributed by atoms with E-state index in [9.17, 15) is 9.59 Å². The number of Topliss-reactive ketones (excluding diaryl/α,β-unsaturated/α-hetero) is 1. The van der Waals surface area contributed by atoms with Crippen LogP contribution in [0.25, 0.3) is 0 Å². The number of ketones is 1. The summed E-state index contributed by atoms with van der Waals surface area (Å²) in [5.74, 6) is 0.555. The number of hydrogen-bond donors (Lipinski definition) is 1. The predicted octanol–water partition coefficient (Wildman–Crippen LogP) is 3.55. The van der Waals surface area contributed by atoms with Gasteiger partial charge in [-0.15, -0.1) is 11.3 Å². The van der Waals surface area contributed by atoms with Gasteiger partial charge in [-0.3, -0.25) is 9.59 Å². The Morgan fingerprint density at radius 3 is 2.90 bits per heavy atom. The van der Waals surface area contributed by atoms with Crippen LogP contribution in [0.4, 0.5) is 5.69 Å². The smallest absolute Gasteiger partial charge is 0.224 e. The monoisotopic (exact) mass is 321 g/mol. The molecular formula is C15H12ClNO3S. The molecule has 0 saturated carbocycles. The molecule has 3 rings (SSSR count). The number of fused-ring (bicyclic) bond motifs is 1. The number of aryl methyl sites for hydroxylation is 1. The van der Waals surface area contributed by atoms with Crippen molar-refractivity contribution in [3.8, 4) is 5.75 Å². The lowest BCUT2D eigenvalue weighted by Crippen LogP contribution is -2.19. The first-order valence-corrected chi connectivity index (χ1v) is 7.65. The highest BCUT2D eigenvalue weighted by Crippen LogP contribution is 2.27. The quantitative estimate of drug-likeness (QED) is 0.876. The summed E-state index contributed by atoms with van der Waals surface area (Å²) in [6, 6.07) is 8.80. The molecule has 108 valence electrons. The average Bonchev–Trinajstić information content (AvgIpc) is 2.91. The number of carbonyl (C=O) groups is 2. The summed E-state index contributed by atoms with van der Waals surface area (Å²) in [5.41, 5.74) is 1.84. The van der Waals surface area contributed by atoms with Crippen LogP contribution in [0, 0.1) is 0 Å². The minimum atomic E-state index is -0.0991. The number of halogens is 1. The van der Waals surface area contributed by atoms with E-state index in [1.54, 1.807) is 24.3 Å². The number of carbonyl (C=O) groups excluding carboxylic acids is 2. The number of nitrogens with one attached hydrogen (secondary N) is 1. The van der Waals surface area contributed by atoms with Crippen LogP contribution in [-0.2, 0) is 11.2 Å². The maximum atomic E-state index is 11.9. The van der Waals surface area contributed by atoms with Gasteiger partial charge in [0.25, 0.3) is 0 Å². The third kappa shape index (κ3) is 3.25. The van der Waals surface area contributed by atoms with Crippen LogP contribution >= 0.6 is 22.9 Å². The van der Waals surface area contributed by atoms with Crippen molar-refractivity contribution in [1.82, 2.24) is 0 Å². The second kappa shape index (κ2) is 5.87. The number of ether oxygens (including phenoxy) is 1. The fourth-order valence-corrected chi connectivity index (χ4v) is 3.10. The van der Waals surface area contributed by atoms with E-state index < -0.39 is 0 Å². The minimum absolute atomic E-state index is 0.0258. The Balaban J connectivity index is 1.66. The zero-order valence-corrected chi connectivity index (χ0v) is 12.6. The molecule has 1 aliphatic heterocycles. The highest BCUT2D eigenvalue weighted by molar-refractivity contribution is 7.18. The topological polar surface area (TPSA) is 55.4 Å². The van der Waals surface area contributed by atoms with Crippen molar-refractivity contribution in [2.24, 2.45) is 0 Å².